The summed E-state index contributed by atoms with van der Waals surface area (Å²) in [6, 6.07) is 2.24. The lowest BCUT2D eigenvalue weighted by Crippen LogP contribution is -2.31. The largest absolute Gasteiger partial charge is 0.350 e. The lowest BCUT2D eigenvalue weighted by atomic mass is 9.90. The molecule has 0 heterocycles. The third-order valence-corrected chi connectivity index (χ3v) is 4.20. The molecule has 0 aliphatic carbocycles. The van der Waals surface area contributed by atoms with Crippen LogP contribution in [0.5, 0.6) is 0 Å². The van der Waals surface area contributed by atoms with Crippen molar-refractivity contribution in [2.75, 3.05) is 0 Å². The average molecular weight is 289 g/mol. The van der Waals surface area contributed by atoms with Gasteiger partial charge in [-0.1, -0.05) is 26.2 Å². The van der Waals surface area contributed by atoms with Gasteiger partial charge in [-0.25, -0.2) is 0 Å². The third-order valence-electron chi connectivity index (χ3n) is 4.20. The van der Waals surface area contributed by atoms with Gasteiger partial charge in [0, 0.05) is 11.6 Å². The van der Waals surface area contributed by atoms with Crippen LogP contribution in [0.25, 0.3) is 0 Å². The maximum absolute atomic E-state index is 12.3. The molecule has 1 amide bonds. The van der Waals surface area contributed by atoms with Crippen LogP contribution in [-0.2, 0) is 6.42 Å². The molecule has 0 saturated carbocycles. The van der Waals surface area contributed by atoms with Gasteiger partial charge in [0.05, 0.1) is 0 Å². The molecule has 0 aromatic heterocycles. The van der Waals surface area contributed by atoms with Gasteiger partial charge in [-0.05, 0) is 75.8 Å². The Morgan fingerprint density at radius 2 is 1.76 bits per heavy atom. The Bertz CT molecular complexity index is 489. The minimum atomic E-state index is 0.0474. The standard InChI is InChI=1S/C19H31NO/c1-7-8-9-10-11-17-14(4)12-18(16(6)15(17)5)19(21)20-13(2)3/h12-13H,7-11H2,1-6H3,(H,20,21). The van der Waals surface area contributed by atoms with Gasteiger partial charge in [-0.2, -0.15) is 0 Å². The first-order valence-corrected chi connectivity index (χ1v) is 8.29. The van der Waals surface area contributed by atoms with Gasteiger partial charge in [0.15, 0.2) is 0 Å². The minimum Gasteiger partial charge on any atom is -0.350 e. The highest BCUT2D eigenvalue weighted by Crippen LogP contribution is 2.24. The van der Waals surface area contributed by atoms with Crippen molar-refractivity contribution in [1.29, 1.82) is 0 Å². The smallest absolute Gasteiger partial charge is 0.251 e. The number of carbonyl (C=O) groups excluding carboxylic acids is 1. The van der Waals surface area contributed by atoms with E-state index >= 15 is 0 Å². The van der Waals surface area contributed by atoms with Gasteiger partial charge in [0.2, 0.25) is 0 Å². The fourth-order valence-corrected chi connectivity index (χ4v) is 2.82. The molecule has 21 heavy (non-hydrogen) atoms. The summed E-state index contributed by atoms with van der Waals surface area (Å²) in [7, 11) is 0. The van der Waals surface area contributed by atoms with Crippen LogP contribution in [-0.4, -0.2) is 11.9 Å². The van der Waals surface area contributed by atoms with E-state index in [9.17, 15) is 4.79 Å². The summed E-state index contributed by atoms with van der Waals surface area (Å²) in [5.41, 5.74) is 5.94. The number of unbranched alkanes of at least 4 members (excludes halogenated alkanes) is 3. The predicted molar refractivity (Wildman–Crippen MR) is 91.1 cm³/mol. The second kappa shape index (κ2) is 8.21. The Labute approximate surface area is 130 Å². The molecule has 2 nitrogen and oxygen atoms in total. The summed E-state index contributed by atoms with van der Waals surface area (Å²) < 4.78 is 0. The Morgan fingerprint density at radius 1 is 1.10 bits per heavy atom. The lowest BCUT2D eigenvalue weighted by Gasteiger charge is -2.17. The Morgan fingerprint density at radius 3 is 2.33 bits per heavy atom. The predicted octanol–water partition coefficient (Wildman–Crippen LogP) is 4.87. The van der Waals surface area contributed by atoms with Crippen LogP contribution < -0.4 is 5.32 Å². The molecule has 0 fully saturated rings. The molecule has 0 saturated heterocycles. The number of nitrogens with one attached hydrogen (secondary N) is 1. The van der Waals surface area contributed by atoms with E-state index < -0.39 is 0 Å². The third kappa shape index (κ3) is 4.87. The van der Waals surface area contributed by atoms with Crippen LogP contribution >= 0.6 is 0 Å². The number of aryl methyl sites for hydroxylation is 1. The highest BCUT2D eigenvalue weighted by molar-refractivity contribution is 5.96. The lowest BCUT2D eigenvalue weighted by molar-refractivity contribution is 0.0942. The summed E-state index contributed by atoms with van der Waals surface area (Å²) in [6.45, 7) is 12.6. The van der Waals surface area contributed by atoms with Crippen molar-refractivity contribution in [2.24, 2.45) is 0 Å². The van der Waals surface area contributed by atoms with Gasteiger partial charge in [-0.3, -0.25) is 4.79 Å². The van der Waals surface area contributed by atoms with Crippen molar-refractivity contribution in [1.82, 2.24) is 5.32 Å². The van der Waals surface area contributed by atoms with E-state index in [-0.39, 0.29) is 11.9 Å². The molecule has 1 aromatic rings. The molecule has 1 N–H and O–H groups in total. The first-order chi connectivity index (χ1) is 9.88. The van der Waals surface area contributed by atoms with Gasteiger partial charge < -0.3 is 5.32 Å². The average Bonchev–Trinajstić information content (AvgIpc) is 2.41. The highest BCUT2D eigenvalue weighted by Gasteiger charge is 2.15. The van der Waals surface area contributed by atoms with Crippen molar-refractivity contribution in [3.05, 3.63) is 33.9 Å². The number of benzene rings is 1. The summed E-state index contributed by atoms with van der Waals surface area (Å²) in [5.74, 6) is 0.0474. The van der Waals surface area contributed by atoms with E-state index in [1.807, 2.05) is 13.8 Å². The van der Waals surface area contributed by atoms with Gasteiger partial charge in [-0.15, -0.1) is 0 Å². The number of carbonyl (C=O) groups is 1. The molecule has 0 radical (unpaired) electrons. The Balaban J connectivity index is 2.95. The second-order valence-electron chi connectivity index (χ2n) is 6.41. The zero-order chi connectivity index (χ0) is 16.0. The SMILES string of the molecule is CCCCCCc1c(C)cc(C(=O)NC(C)C)c(C)c1C. The Hall–Kier alpha value is -1.31. The van der Waals surface area contributed by atoms with E-state index in [4.69, 9.17) is 0 Å². The summed E-state index contributed by atoms with van der Waals surface area (Å²) in [6.07, 6.45) is 6.25. The number of amides is 1. The van der Waals surface area contributed by atoms with Crippen LogP contribution in [0.2, 0.25) is 0 Å². The van der Waals surface area contributed by atoms with Crippen molar-refractivity contribution >= 4 is 5.91 Å². The number of rotatable bonds is 7. The molecule has 1 aromatic carbocycles. The van der Waals surface area contributed by atoms with Gasteiger partial charge >= 0.3 is 0 Å². The fraction of sp³-hybridized carbons (Fsp3) is 0.632. The molecule has 0 unspecified atom stereocenters. The van der Waals surface area contributed by atoms with Gasteiger partial charge in [0.1, 0.15) is 0 Å². The summed E-state index contributed by atoms with van der Waals surface area (Å²) in [4.78, 5) is 12.3. The first kappa shape index (κ1) is 17.7. The highest BCUT2D eigenvalue weighted by atomic mass is 16.1. The topological polar surface area (TPSA) is 29.1 Å². The molecule has 0 bridgehead atoms. The quantitative estimate of drug-likeness (QED) is 0.713. The maximum Gasteiger partial charge on any atom is 0.251 e. The zero-order valence-electron chi connectivity index (χ0n) is 14.6. The number of hydrogen-bond donors (Lipinski definition) is 1. The van der Waals surface area contributed by atoms with Crippen molar-refractivity contribution in [3.8, 4) is 0 Å². The van der Waals surface area contributed by atoms with Gasteiger partial charge in [0.25, 0.3) is 5.91 Å². The van der Waals surface area contributed by atoms with E-state index in [2.05, 4.69) is 39.1 Å². The molecule has 1 rings (SSSR count). The monoisotopic (exact) mass is 289 g/mol. The molecule has 0 spiro atoms. The van der Waals surface area contributed by atoms with Crippen LogP contribution in [0, 0.1) is 20.8 Å². The summed E-state index contributed by atoms with van der Waals surface area (Å²) in [5, 5.41) is 2.99. The Kier molecular flexibility index (Phi) is 6.94. The second-order valence-corrected chi connectivity index (χ2v) is 6.41. The molecular weight excluding hydrogens is 258 g/mol. The molecule has 2 heteroatoms. The van der Waals surface area contributed by atoms with E-state index in [1.54, 1.807) is 0 Å². The van der Waals surface area contributed by atoms with Crippen LogP contribution in [0.1, 0.15) is 79.1 Å². The first-order valence-electron chi connectivity index (χ1n) is 8.29. The van der Waals surface area contributed by atoms with Crippen LogP contribution in [0.15, 0.2) is 6.07 Å². The summed E-state index contributed by atoms with van der Waals surface area (Å²) >= 11 is 0. The van der Waals surface area contributed by atoms with Crippen LogP contribution in [0.4, 0.5) is 0 Å². The zero-order valence-corrected chi connectivity index (χ0v) is 14.6. The van der Waals surface area contributed by atoms with E-state index in [1.165, 1.54) is 42.4 Å². The van der Waals surface area contributed by atoms with E-state index in [0.717, 1.165) is 17.5 Å². The van der Waals surface area contributed by atoms with Crippen molar-refractivity contribution < 1.29 is 4.79 Å². The normalized spacial score (nSPS) is 11.0. The van der Waals surface area contributed by atoms with Crippen molar-refractivity contribution in [2.45, 2.75) is 79.7 Å². The molecule has 0 aliphatic heterocycles. The number of hydrogen-bond acceptors (Lipinski definition) is 1. The maximum atomic E-state index is 12.3. The van der Waals surface area contributed by atoms with Crippen LogP contribution in [0.3, 0.4) is 0 Å². The van der Waals surface area contributed by atoms with Crippen molar-refractivity contribution in [3.63, 3.8) is 0 Å². The molecule has 118 valence electrons. The fourth-order valence-electron chi connectivity index (χ4n) is 2.82. The van der Waals surface area contributed by atoms with E-state index in [0.29, 0.717) is 0 Å². The minimum absolute atomic E-state index is 0.0474. The molecule has 0 aliphatic rings. The molecule has 0 atom stereocenters. The molecular formula is C19H31NO.